The molecular formula is C20H16N2O3S. The van der Waals surface area contributed by atoms with E-state index in [2.05, 4.69) is 9.88 Å². The Morgan fingerprint density at radius 2 is 1.81 bits per heavy atom. The minimum atomic E-state index is -0.343. The SMILES string of the molecule is O=C1NC(=O)/C(=C/c2cn(CCOc3ccccc3)c3ccccc23)S1. The summed E-state index contributed by atoms with van der Waals surface area (Å²) >= 11 is 0.929. The van der Waals surface area contributed by atoms with Crippen molar-refractivity contribution in [1.29, 1.82) is 0 Å². The van der Waals surface area contributed by atoms with Gasteiger partial charge in [-0.3, -0.25) is 14.9 Å². The van der Waals surface area contributed by atoms with E-state index in [1.807, 2.05) is 60.8 Å². The van der Waals surface area contributed by atoms with Crippen LogP contribution >= 0.6 is 11.8 Å². The summed E-state index contributed by atoms with van der Waals surface area (Å²) in [7, 11) is 0. The quantitative estimate of drug-likeness (QED) is 0.694. The Kier molecular flexibility index (Phi) is 4.50. The number of amides is 2. The first-order valence-corrected chi connectivity index (χ1v) is 9.03. The molecule has 6 heteroatoms. The van der Waals surface area contributed by atoms with Gasteiger partial charge in [0, 0.05) is 22.7 Å². The number of fused-ring (bicyclic) bond motifs is 1. The topological polar surface area (TPSA) is 60.3 Å². The first-order valence-electron chi connectivity index (χ1n) is 8.21. The van der Waals surface area contributed by atoms with Gasteiger partial charge in [-0.25, -0.2) is 0 Å². The van der Waals surface area contributed by atoms with E-state index in [0.29, 0.717) is 18.1 Å². The molecule has 4 rings (SSSR count). The molecule has 1 aromatic heterocycles. The average molecular weight is 364 g/mol. The zero-order valence-electron chi connectivity index (χ0n) is 13.8. The van der Waals surface area contributed by atoms with E-state index in [-0.39, 0.29) is 11.1 Å². The number of aromatic nitrogens is 1. The molecule has 1 aliphatic rings. The molecule has 5 nitrogen and oxygen atoms in total. The van der Waals surface area contributed by atoms with Gasteiger partial charge in [-0.15, -0.1) is 0 Å². The van der Waals surface area contributed by atoms with Crippen molar-refractivity contribution in [3.05, 3.63) is 71.3 Å². The highest BCUT2D eigenvalue weighted by molar-refractivity contribution is 8.18. The summed E-state index contributed by atoms with van der Waals surface area (Å²) in [4.78, 5) is 23.6. The number of thioether (sulfide) groups is 1. The van der Waals surface area contributed by atoms with Crippen molar-refractivity contribution in [1.82, 2.24) is 9.88 Å². The Bertz CT molecular complexity index is 1010. The Morgan fingerprint density at radius 3 is 2.58 bits per heavy atom. The number of imide groups is 1. The number of nitrogens with zero attached hydrogens (tertiary/aromatic N) is 1. The second-order valence-electron chi connectivity index (χ2n) is 5.81. The van der Waals surface area contributed by atoms with Crippen LogP contribution < -0.4 is 10.1 Å². The molecule has 0 bridgehead atoms. The van der Waals surface area contributed by atoms with Crippen LogP contribution in [0.2, 0.25) is 0 Å². The smallest absolute Gasteiger partial charge is 0.290 e. The molecule has 0 saturated carbocycles. The maximum Gasteiger partial charge on any atom is 0.290 e. The van der Waals surface area contributed by atoms with Crippen molar-refractivity contribution in [2.45, 2.75) is 6.54 Å². The highest BCUT2D eigenvalue weighted by atomic mass is 32.2. The third-order valence-electron chi connectivity index (χ3n) is 4.09. The van der Waals surface area contributed by atoms with Crippen molar-refractivity contribution in [3.63, 3.8) is 0 Å². The normalized spacial score (nSPS) is 15.6. The second kappa shape index (κ2) is 7.09. The Balaban J connectivity index is 1.59. The lowest BCUT2D eigenvalue weighted by Gasteiger charge is -2.08. The number of para-hydroxylation sites is 2. The summed E-state index contributed by atoms with van der Waals surface area (Å²) in [5, 5.41) is 2.99. The van der Waals surface area contributed by atoms with Crippen LogP contribution in [0, 0.1) is 0 Å². The summed E-state index contributed by atoms with van der Waals surface area (Å²) in [5.41, 5.74) is 1.97. The first kappa shape index (κ1) is 16.5. The largest absolute Gasteiger partial charge is 0.492 e. The van der Waals surface area contributed by atoms with Crippen molar-refractivity contribution < 1.29 is 14.3 Å². The van der Waals surface area contributed by atoms with Gasteiger partial charge >= 0.3 is 0 Å². The van der Waals surface area contributed by atoms with Crippen molar-refractivity contribution in [2.75, 3.05) is 6.61 Å². The summed E-state index contributed by atoms with van der Waals surface area (Å²) in [6, 6.07) is 17.7. The Hall–Kier alpha value is -2.99. The van der Waals surface area contributed by atoms with Crippen molar-refractivity contribution >= 4 is 39.9 Å². The maximum atomic E-state index is 11.8. The van der Waals surface area contributed by atoms with Crippen LogP contribution in [0.1, 0.15) is 5.56 Å². The lowest BCUT2D eigenvalue weighted by molar-refractivity contribution is -0.115. The molecule has 1 fully saturated rings. The Morgan fingerprint density at radius 1 is 1.04 bits per heavy atom. The summed E-state index contributed by atoms with van der Waals surface area (Å²) < 4.78 is 7.88. The van der Waals surface area contributed by atoms with Gasteiger partial charge in [-0.2, -0.15) is 0 Å². The molecule has 1 aliphatic heterocycles. The van der Waals surface area contributed by atoms with Crippen molar-refractivity contribution in [3.8, 4) is 5.75 Å². The zero-order chi connectivity index (χ0) is 17.9. The van der Waals surface area contributed by atoms with Crippen LogP contribution in [0.15, 0.2) is 65.7 Å². The van der Waals surface area contributed by atoms with E-state index in [1.165, 1.54) is 0 Å². The van der Waals surface area contributed by atoms with Gasteiger partial charge in [0.2, 0.25) is 0 Å². The minimum Gasteiger partial charge on any atom is -0.492 e. The molecule has 3 aromatic rings. The van der Waals surface area contributed by atoms with Gasteiger partial charge in [0.1, 0.15) is 12.4 Å². The van der Waals surface area contributed by atoms with Gasteiger partial charge in [0.05, 0.1) is 11.4 Å². The molecule has 0 radical (unpaired) electrons. The van der Waals surface area contributed by atoms with Crippen LogP contribution in [0.4, 0.5) is 4.79 Å². The van der Waals surface area contributed by atoms with Gasteiger partial charge in [0.15, 0.2) is 0 Å². The summed E-state index contributed by atoms with van der Waals surface area (Å²) in [6.45, 7) is 1.21. The van der Waals surface area contributed by atoms with E-state index in [9.17, 15) is 9.59 Å². The lowest BCUT2D eigenvalue weighted by Crippen LogP contribution is -2.17. The van der Waals surface area contributed by atoms with Crippen LogP contribution in [0.25, 0.3) is 17.0 Å². The second-order valence-corrected chi connectivity index (χ2v) is 6.82. The van der Waals surface area contributed by atoms with Gasteiger partial charge in [-0.1, -0.05) is 36.4 Å². The Labute approximate surface area is 154 Å². The highest BCUT2D eigenvalue weighted by Gasteiger charge is 2.25. The number of carbonyl (C=O) groups excluding carboxylic acids is 2. The summed E-state index contributed by atoms with van der Waals surface area (Å²) in [5.74, 6) is 0.494. The molecule has 0 unspecified atom stereocenters. The van der Waals surface area contributed by atoms with Gasteiger partial charge in [-0.05, 0) is 36.0 Å². The van der Waals surface area contributed by atoms with E-state index < -0.39 is 0 Å². The number of rotatable bonds is 5. The number of ether oxygens (including phenoxy) is 1. The van der Waals surface area contributed by atoms with E-state index in [4.69, 9.17) is 4.74 Å². The lowest BCUT2D eigenvalue weighted by atomic mass is 10.1. The van der Waals surface area contributed by atoms with Gasteiger partial charge in [0.25, 0.3) is 11.1 Å². The monoisotopic (exact) mass is 364 g/mol. The molecule has 130 valence electrons. The number of benzene rings is 2. The predicted octanol–water partition coefficient (Wildman–Crippen LogP) is 4.04. The number of hydrogen-bond donors (Lipinski definition) is 1. The molecular weight excluding hydrogens is 348 g/mol. The molecule has 2 amide bonds. The van der Waals surface area contributed by atoms with Crippen LogP contribution in [-0.4, -0.2) is 22.3 Å². The molecule has 0 aliphatic carbocycles. The molecule has 1 saturated heterocycles. The fourth-order valence-corrected chi connectivity index (χ4v) is 3.59. The molecule has 26 heavy (non-hydrogen) atoms. The van der Waals surface area contributed by atoms with E-state index >= 15 is 0 Å². The fourth-order valence-electron chi connectivity index (χ4n) is 2.92. The zero-order valence-corrected chi connectivity index (χ0v) is 14.7. The average Bonchev–Trinajstić information content (AvgIpc) is 3.16. The predicted molar refractivity (Wildman–Crippen MR) is 103 cm³/mol. The molecule has 2 aromatic carbocycles. The number of hydrogen-bond acceptors (Lipinski definition) is 4. The highest BCUT2D eigenvalue weighted by Crippen LogP contribution is 2.29. The van der Waals surface area contributed by atoms with Crippen LogP contribution in [0.3, 0.4) is 0 Å². The third kappa shape index (κ3) is 3.36. The minimum absolute atomic E-state index is 0.332. The first-order chi connectivity index (χ1) is 12.7. The molecule has 0 atom stereocenters. The summed E-state index contributed by atoms with van der Waals surface area (Å²) in [6.07, 6.45) is 3.75. The molecule has 1 N–H and O–H groups in total. The van der Waals surface area contributed by atoms with Crippen LogP contribution in [0.5, 0.6) is 5.75 Å². The van der Waals surface area contributed by atoms with Gasteiger partial charge < -0.3 is 9.30 Å². The maximum absolute atomic E-state index is 11.8. The standard InChI is InChI=1S/C20H16N2O3S/c23-19-18(26-20(24)21-19)12-14-13-22(17-9-5-4-8-16(14)17)10-11-25-15-6-2-1-3-7-15/h1-9,12-13H,10-11H2,(H,21,23,24)/b18-12-. The number of carbonyl (C=O) groups is 2. The molecule has 0 spiro atoms. The van der Waals surface area contributed by atoms with Crippen molar-refractivity contribution in [2.24, 2.45) is 0 Å². The van der Waals surface area contributed by atoms with E-state index in [0.717, 1.165) is 34.0 Å². The third-order valence-corrected chi connectivity index (χ3v) is 4.90. The van der Waals surface area contributed by atoms with Crippen LogP contribution in [-0.2, 0) is 11.3 Å². The van der Waals surface area contributed by atoms with E-state index in [1.54, 1.807) is 6.08 Å². The fraction of sp³-hybridized carbons (Fsp3) is 0.100. The number of nitrogens with one attached hydrogen (secondary N) is 1. The molecule has 2 heterocycles.